The molecule has 1 fully saturated rings. The second-order valence-electron chi connectivity index (χ2n) is 4.67. The van der Waals surface area contributed by atoms with Crippen molar-refractivity contribution in [2.24, 2.45) is 0 Å². The summed E-state index contributed by atoms with van der Waals surface area (Å²) in [5.41, 5.74) is 1.17. The van der Waals surface area contributed by atoms with Crippen molar-refractivity contribution < 1.29 is 9.53 Å². The van der Waals surface area contributed by atoms with Crippen LogP contribution in [0.3, 0.4) is 0 Å². The molecule has 1 aliphatic rings. The second kappa shape index (κ2) is 7.11. The molecule has 3 N–H and O–H groups in total. The minimum atomic E-state index is -0.132. The van der Waals surface area contributed by atoms with Gasteiger partial charge in [0.25, 0.3) is 0 Å². The van der Waals surface area contributed by atoms with E-state index < -0.39 is 0 Å². The van der Waals surface area contributed by atoms with Gasteiger partial charge in [0.15, 0.2) is 0 Å². The first kappa shape index (κ1) is 13.8. The number of benzene rings is 1. The second-order valence-corrected chi connectivity index (χ2v) is 4.67. The van der Waals surface area contributed by atoms with Crippen LogP contribution in [-0.4, -0.2) is 44.7 Å². The Labute approximate surface area is 113 Å². The summed E-state index contributed by atoms with van der Waals surface area (Å²) in [7, 11) is 0. The molecule has 5 nitrogen and oxygen atoms in total. The van der Waals surface area contributed by atoms with Crippen LogP contribution in [0.1, 0.15) is 5.56 Å². The lowest BCUT2D eigenvalue weighted by atomic mass is 10.2. The van der Waals surface area contributed by atoms with E-state index in [-0.39, 0.29) is 11.9 Å². The molecule has 0 saturated carbocycles. The third-order valence-corrected chi connectivity index (χ3v) is 3.02. The normalized spacial score (nSPS) is 18.9. The zero-order chi connectivity index (χ0) is 13.5. The molecule has 1 saturated heterocycles. The number of piperazine rings is 1. The number of carbonyl (C=O) groups excluding carboxylic acids is 1. The molecular formula is C14H21N3O2. The van der Waals surface area contributed by atoms with Crippen molar-refractivity contribution in [3.8, 4) is 5.75 Å². The van der Waals surface area contributed by atoms with Crippen LogP contribution in [0.5, 0.6) is 5.75 Å². The molecule has 0 aliphatic carbocycles. The first-order chi connectivity index (χ1) is 9.25. The van der Waals surface area contributed by atoms with Crippen molar-refractivity contribution in [3.63, 3.8) is 0 Å². The predicted molar refractivity (Wildman–Crippen MR) is 74.3 cm³/mol. The number of hydrogen-bond donors (Lipinski definition) is 3. The molecule has 0 radical (unpaired) electrons. The molecule has 0 bridgehead atoms. The third-order valence-electron chi connectivity index (χ3n) is 3.02. The number of nitrogens with one attached hydrogen (secondary N) is 3. The molecule has 0 spiro atoms. The van der Waals surface area contributed by atoms with Crippen LogP contribution < -0.4 is 20.7 Å². The Morgan fingerprint density at radius 3 is 3.11 bits per heavy atom. The first-order valence-corrected chi connectivity index (χ1v) is 6.67. The van der Waals surface area contributed by atoms with Gasteiger partial charge in [-0.05, 0) is 24.6 Å². The molecule has 1 aromatic carbocycles. The summed E-state index contributed by atoms with van der Waals surface area (Å²) in [6.45, 7) is 5.46. The number of hydrogen-bond acceptors (Lipinski definition) is 4. The first-order valence-electron chi connectivity index (χ1n) is 6.67. The standard InChI is InChI=1S/C14H21N3O2/c1-11-3-2-4-12(9-11)19-8-7-17-14(18)13-10-15-5-6-16-13/h2-4,9,13,15-16H,5-8,10H2,1H3,(H,17,18). The predicted octanol–water partition coefficient (Wildman–Crippen LogP) is 0.0514. The van der Waals surface area contributed by atoms with E-state index in [2.05, 4.69) is 16.0 Å². The minimum absolute atomic E-state index is 0.0278. The molecule has 19 heavy (non-hydrogen) atoms. The molecule has 1 atom stereocenters. The van der Waals surface area contributed by atoms with Crippen LogP contribution in [0, 0.1) is 6.92 Å². The Balaban J connectivity index is 1.65. The van der Waals surface area contributed by atoms with Crippen LogP contribution in [0.15, 0.2) is 24.3 Å². The number of rotatable bonds is 5. The zero-order valence-corrected chi connectivity index (χ0v) is 11.2. The monoisotopic (exact) mass is 263 g/mol. The van der Waals surface area contributed by atoms with Crippen LogP contribution in [0.25, 0.3) is 0 Å². The summed E-state index contributed by atoms with van der Waals surface area (Å²) in [4.78, 5) is 11.8. The van der Waals surface area contributed by atoms with Crippen molar-refractivity contribution >= 4 is 5.91 Å². The quantitative estimate of drug-likeness (QED) is 0.657. The average molecular weight is 263 g/mol. The molecule has 1 unspecified atom stereocenters. The summed E-state index contributed by atoms with van der Waals surface area (Å²) < 4.78 is 5.57. The summed E-state index contributed by atoms with van der Waals surface area (Å²) in [6, 6.07) is 7.75. The van der Waals surface area contributed by atoms with Crippen molar-refractivity contribution in [3.05, 3.63) is 29.8 Å². The third kappa shape index (κ3) is 4.54. The number of ether oxygens (including phenoxy) is 1. The lowest BCUT2D eigenvalue weighted by molar-refractivity contribution is -0.123. The van der Waals surface area contributed by atoms with Gasteiger partial charge in [-0.3, -0.25) is 4.79 Å². The highest BCUT2D eigenvalue weighted by atomic mass is 16.5. The summed E-state index contributed by atoms with van der Waals surface area (Å²) in [6.07, 6.45) is 0. The molecule has 104 valence electrons. The molecule has 1 amide bonds. The van der Waals surface area contributed by atoms with E-state index >= 15 is 0 Å². The lowest BCUT2D eigenvalue weighted by Gasteiger charge is -2.23. The molecule has 5 heteroatoms. The van der Waals surface area contributed by atoms with E-state index in [1.54, 1.807) is 0 Å². The average Bonchev–Trinajstić information content (AvgIpc) is 2.44. The van der Waals surface area contributed by atoms with E-state index in [0.29, 0.717) is 19.7 Å². The molecule has 2 rings (SSSR count). The number of amides is 1. The smallest absolute Gasteiger partial charge is 0.238 e. The van der Waals surface area contributed by atoms with Gasteiger partial charge in [-0.2, -0.15) is 0 Å². The Hall–Kier alpha value is -1.59. The minimum Gasteiger partial charge on any atom is -0.492 e. The molecule has 1 aliphatic heterocycles. The van der Waals surface area contributed by atoms with Crippen LogP contribution >= 0.6 is 0 Å². The van der Waals surface area contributed by atoms with Crippen molar-refractivity contribution in [1.29, 1.82) is 0 Å². The highest BCUT2D eigenvalue weighted by Crippen LogP contribution is 2.11. The molecule has 0 aromatic heterocycles. The largest absolute Gasteiger partial charge is 0.492 e. The maximum Gasteiger partial charge on any atom is 0.238 e. The number of carbonyl (C=O) groups is 1. The van der Waals surface area contributed by atoms with E-state index in [1.807, 2.05) is 31.2 Å². The van der Waals surface area contributed by atoms with E-state index in [4.69, 9.17) is 4.74 Å². The molecular weight excluding hydrogens is 242 g/mol. The van der Waals surface area contributed by atoms with Gasteiger partial charge < -0.3 is 20.7 Å². The van der Waals surface area contributed by atoms with Gasteiger partial charge in [0.05, 0.1) is 12.6 Å². The van der Waals surface area contributed by atoms with Gasteiger partial charge in [0.2, 0.25) is 5.91 Å². The van der Waals surface area contributed by atoms with Gasteiger partial charge in [0.1, 0.15) is 12.4 Å². The molecule has 1 aromatic rings. The number of aryl methyl sites for hydroxylation is 1. The van der Waals surface area contributed by atoms with Gasteiger partial charge in [0, 0.05) is 19.6 Å². The van der Waals surface area contributed by atoms with Gasteiger partial charge in [-0.1, -0.05) is 12.1 Å². The highest BCUT2D eigenvalue weighted by molar-refractivity contribution is 5.82. The van der Waals surface area contributed by atoms with Gasteiger partial charge >= 0.3 is 0 Å². The summed E-state index contributed by atoms with van der Waals surface area (Å²) in [5, 5.41) is 9.22. The van der Waals surface area contributed by atoms with E-state index in [0.717, 1.165) is 18.8 Å². The fourth-order valence-electron chi connectivity index (χ4n) is 2.01. The Bertz CT molecular complexity index is 417. The van der Waals surface area contributed by atoms with Crippen LogP contribution in [-0.2, 0) is 4.79 Å². The topological polar surface area (TPSA) is 62.4 Å². The Morgan fingerprint density at radius 1 is 1.47 bits per heavy atom. The van der Waals surface area contributed by atoms with Crippen LogP contribution in [0.4, 0.5) is 0 Å². The maximum absolute atomic E-state index is 11.8. The Morgan fingerprint density at radius 2 is 2.37 bits per heavy atom. The Kier molecular flexibility index (Phi) is 5.18. The summed E-state index contributed by atoms with van der Waals surface area (Å²) in [5.74, 6) is 0.867. The van der Waals surface area contributed by atoms with E-state index in [1.165, 1.54) is 5.56 Å². The van der Waals surface area contributed by atoms with Gasteiger partial charge in [-0.25, -0.2) is 0 Å². The highest BCUT2D eigenvalue weighted by Gasteiger charge is 2.19. The SMILES string of the molecule is Cc1cccc(OCCNC(=O)C2CNCCN2)c1. The zero-order valence-electron chi connectivity index (χ0n) is 11.2. The van der Waals surface area contributed by atoms with Crippen LogP contribution in [0.2, 0.25) is 0 Å². The molecule has 1 heterocycles. The summed E-state index contributed by atoms with van der Waals surface area (Å²) >= 11 is 0. The lowest BCUT2D eigenvalue weighted by Crippen LogP contribution is -2.56. The fraction of sp³-hybridized carbons (Fsp3) is 0.500. The van der Waals surface area contributed by atoms with E-state index in [9.17, 15) is 4.79 Å². The maximum atomic E-state index is 11.8. The van der Waals surface area contributed by atoms with Crippen molar-refractivity contribution in [1.82, 2.24) is 16.0 Å². The van der Waals surface area contributed by atoms with Crippen molar-refractivity contribution in [2.75, 3.05) is 32.8 Å². The fourth-order valence-corrected chi connectivity index (χ4v) is 2.01. The van der Waals surface area contributed by atoms with Crippen molar-refractivity contribution in [2.45, 2.75) is 13.0 Å². The van der Waals surface area contributed by atoms with Gasteiger partial charge in [-0.15, -0.1) is 0 Å².